The molecule has 0 aliphatic heterocycles. The zero-order valence-corrected chi connectivity index (χ0v) is 26.9. The molecule has 0 fully saturated rings. The second kappa shape index (κ2) is 15.2. The first kappa shape index (κ1) is 33.9. The molecule has 0 bridgehead atoms. The largest absolute Gasteiger partial charge is 0.508 e. The average molecular weight is 734 g/mol. The van der Waals surface area contributed by atoms with E-state index in [1.54, 1.807) is 32.9 Å². The summed E-state index contributed by atoms with van der Waals surface area (Å²) in [6.45, 7) is 5.04. The third-order valence-corrected chi connectivity index (χ3v) is 5.87. The van der Waals surface area contributed by atoms with Gasteiger partial charge in [0.05, 0.1) is 31.6 Å². The molecular formula is C27H28Br2F2N4O8. The highest BCUT2D eigenvalue weighted by Crippen LogP contribution is 2.31. The Balaban J connectivity index is 0.000000248. The average Bonchev–Trinajstić information content (AvgIpc) is 2.93. The van der Waals surface area contributed by atoms with Gasteiger partial charge in [-0.3, -0.25) is 0 Å². The SMILES string of the molecule is COc1nc(OCCO)c2cc(Br)cc(F)c2n1.COc1nc(OCCOC(=O)OC(C)(C)C)c2cc(Br)cc(F)c2n1. The highest BCUT2D eigenvalue weighted by molar-refractivity contribution is 9.10. The molecule has 0 aliphatic carbocycles. The minimum Gasteiger partial charge on any atom is -0.475 e. The summed E-state index contributed by atoms with van der Waals surface area (Å²) in [6, 6.07) is 5.83. The lowest BCUT2D eigenvalue weighted by Gasteiger charge is -2.18. The van der Waals surface area contributed by atoms with E-state index in [-0.39, 0.29) is 61.2 Å². The fourth-order valence-electron chi connectivity index (χ4n) is 3.31. The van der Waals surface area contributed by atoms with Gasteiger partial charge >= 0.3 is 18.2 Å². The Morgan fingerprint density at radius 2 is 1.26 bits per heavy atom. The number of nitrogens with zero attached hydrogens (tertiary/aromatic N) is 4. The lowest BCUT2D eigenvalue weighted by molar-refractivity contribution is -0.0115. The number of aromatic nitrogens is 4. The Bertz CT molecular complexity index is 1590. The molecule has 4 rings (SSSR count). The maximum atomic E-state index is 14.1. The Kier molecular flexibility index (Phi) is 12.0. The molecule has 1 N–H and O–H groups in total. The second-order valence-corrected chi connectivity index (χ2v) is 11.2. The number of aliphatic hydroxyl groups is 1. The number of halogens is 4. The first-order valence-electron chi connectivity index (χ1n) is 12.5. The zero-order valence-electron chi connectivity index (χ0n) is 23.7. The number of hydrogen-bond donors (Lipinski definition) is 1. The van der Waals surface area contributed by atoms with Crippen LogP contribution in [0, 0.1) is 11.6 Å². The zero-order chi connectivity index (χ0) is 31.7. The molecule has 0 aliphatic rings. The van der Waals surface area contributed by atoms with Crippen molar-refractivity contribution < 1.29 is 47.1 Å². The smallest absolute Gasteiger partial charge is 0.475 e. The predicted molar refractivity (Wildman–Crippen MR) is 158 cm³/mol. The minimum absolute atomic E-state index is 0.00262. The maximum Gasteiger partial charge on any atom is 0.508 e. The number of fused-ring (bicyclic) bond motifs is 2. The molecule has 2 heterocycles. The van der Waals surface area contributed by atoms with Crippen molar-refractivity contribution in [1.29, 1.82) is 0 Å². The number of rotatable bonds is 9. The summed E-state index contributed by atoms with van der Waals surface area (Å²) in [5.41, 5.74) is -0.464. The number of hydrogen-bond acceptors (Lipinski definition) is 12. The van der Waals surface area contributed by atoms with Gasteiger partial charge in [0.25, 0.3) is 0 Å². The lowest BCUT2D eigenvalue weighted by atomic mass is 10.2. The molecule has 0 unspecified atom stereocenters. The molecule has 43 heavy (non-hydrogen) atoms. The van der Waals surface area contributed by atoms with Crippen molar-refractivity contribution in [3.05, 3.63) is 44.8 Å². The van der Waals surface area contributed by atoms with Crippen LogP contribution in [0.1, 0.15) is 20.8 Å². The van der Waals surface area contributed by atoms with E-state index in [1.165, 1.54) is 26.4 Å². The van der Waals surface area contributed by atoms with E-state index in [9.17, 15) is 13.6 Å². The van der Waals surface area contributed by atoms with Gasteiger partial charge in [-0.05, 0) is 45.0 Å². The van der Waals surface area contributed by atoms with Crippen molar-refractivity contribution in [2.45, 2.75) is 26.4 Å². The first-order chi connectivity index (χ1) is 20.3. The van der Waals surface area contributed by atoms with Crippen LogP contribution in [-0.2, 0) is 9.47 Å². The molecule has 232 valence electrons. The Morgan fingerprint density at radius 3 is 1.67 bits per heavy atom. The summed E-state index contributed by atoms with van der Waals surface area (Å²) < 4.78 is 59.5. The Hall–Kier alpha value is -3.63. The van der Waals surface area contributed by atoms with Crippen LogP contribution < -0.4 is 18.9 Å². The summed E-state index contributed by atoms with van der Waals surface area (Å²) in [4.78, 5) is 27.4. The first-order valence-corrected chi connectivity index (χ1v) is 14.1. The Morgan fingerprint density at radius 1 is 0.791 bits per heavy atom. The van der Waals surface area contributed by atoms with Crippen LogP contribution in [0.2, 0.25) is 0 Å². The molecule has 16 heteroatoms. The molecule has 12 nitrogen and oxygen atoms in total. The van der Waals surface area contributed by atoms with Gasteiger partial charge in [0.2, 0.25) is 11.8 Å². The van der Waals surface area contributed by atoms with E-state index in [2.05, 4.69) is 51.8 Å². The van der Waals surface area contributed by atoms with E-state index in [0.717, 1.165) is 0 Å². The van der Waals surface area contributed by atoms with Gasteiger partial charge in [-0.1, -0.05) is 31.9 Å². The monoisotopic (exact) mass is 732 g/mol. The van der Waals surface area contributed by atoms with Gasteiger partial charge in [-0.15, -0.1) is 0 Å². The normalized spacial score (nSPS) is 11.0. The van der Waals surface area contributed by atoms with Crippen molar-refractivity contribution >= 4 is 59.8 Å². The fourth-order valence-corrected chi connectivity index (χ4v) is 4.17. The van der Waals surface area contributed by atoms with Crippen LogP contribution in [0.15, 0.2) is 33.2 Å². The fraction of sp³-hybridized carbons (Fsp3) is 0.370. The second-order valence-electron chi connectivity index (χ2n) is 9.33. The van der Waals surface area contributed by atoms with Crippen molar-refractivity contribution in [1.82, 2.24) is 19.9 Å². The van der Waals surface area contributed by atoms with E-state index in [4.69, 9.17) is 33.5 Å². The number of benzene rings is 2. The quantitative estimate of drug-likeness (QED) is 0.164. The summed E-state index contributed by atoms with van der Waals surface area (Å²) in [7, 11) is 2.75. The predicted octanol–water partition coefficient (Wildman–Crippen LogP) is 5.78. The number of carbonyl (C=O) groups is 1. The molecule has 0 atom stereocenters. The number of carbonyl (C=O) groups excluding carboxylic acids is 1. The van der Waals surface area contributed by atoms with E-state index >= 15 is 0 Å². The van der Waals surface area contributed by atoms with Gasteiger partial charge in [-0.25, -0.2) is 13.6 Å². The molecule has 0 radical (unpaired) electrons. The van der Waals surface area contributed by atoms with Gasteiger partial charge in [0.15, 0.2) is 11.6 Å². The number of ether oxygens (including phenoxy) is 6. The van der Waals surface area contributed by atoms with Gasteiger partial charge in [0.1, 0.15) is 36.5 Å². The van der Waals surface area contributed by atoms with E-state index in [1.807, 2.05) is 0 Å². The molecule has 0 spiro atoms. The Labute approximate surface area is 261 Å². The molecule has 2 aromatic carbocycles. The van der Waals surface area contributed by atoms with Crippen LogP contribution in [0.3, 0.4) is 0 Å². The third kappa shape index (κ3) is 9.69. The van der Waals surface area contributed by atoms with E-state index < -0.39 is 23.4 Å². The van der Waals surface area contributed by atoms with Crippen LogP contribution >= 0.6 is 31.9 Å². The highest BCUT2D eigenvalue weighted by atomic mass is 79.9. The molecule has 4 aromatic rings. The number of aliphatic hydroxyl groups excluding tert-OH is 1. The topological polar surface area (TPSA) is 144 Å². The molecule has 0 saturated carbocycles. The van der Waals surface area contributed by atoms with Crippen molar-refractivity contribution in [3.8, 4) is 23.8 Å². The third-order valence-electron chi connectivity index (χ3n) is 4.95. The van der Waals surface area contributed by atoms with Gasteiger partial charge < -0.3 is 33.5 Å². The standard InChI is InChI=1S/C16H18BrFN2O5.C11H10BrFN2O3/c1-16(2,3)25-15(21)24-6-5-23-13-10-7-9(17)8-11(18)12(10)19-14(20-13)22-4;1-17-11-14-9-7(4-6(12)5-8(9)13)10(15-11)18-3-2-16/h7-8H,5-6H2,1-4H3;4-5,16H,2-3H2,1H3. The van der Waals surface area contributed by atoms with Gasteiger partial charge in [0, 0.05) is 8.95 Å². The lowest BCUT2D eigenvalue weighted by Crippen LogP contribution is -2.25. The highest BCUT2D eigenvalue weighted by Gasteiger charge is 2.18. The van der Waals surface area contributed by atoms with Gasteiger partial charge in [-0.2, -0.15) is 19.9 Å². The van der Waals surface area contributed by atoms with Crippen LogP contribution in [-0.4, -0.2) is 77.4 Å². The minimum atomic E-state index is -0.796. The molecule has 0 amide bonds. The summed E-state index contributed by atoms with van der Waals surface area (Å²) >= 11 is 6.40. The molecule has 2 aromatic heterocycles. The van der Waals surface area contributed by atoms with Crippen molar-refractivity contribution in [2.24, 2.45) is 0 Å². The van der Waals surface area contributed by atoms with Crippen LogP contribution in [0.4, 0.5) is 13.6 Å². The summed E-state index contributed by atoms with van der Waals surface area (Å²) in [5.74, 6) is -0.755. The van der Waals surface area contributed by atoms with Crippen LogP contribution in [0.5, 0.6) is 23.8 Å². The summed E-state index contributed by atoms with van der Waals surface area (Å²) in [6.07, 6.45) is -0.796. The summed E-state index contributed by atoms with van der Waals surface area (Å²) in [5, 5.41) is 9.53. The van der Waals surface area contributed by atoms with Crippen molar-refractivity contribution in [2.75, 3.05) is 40.6 Å². The van der Waals surface area contributed by atoms with Crippen molar-refractivity contribution in [3.63, 3.8) is 0 Å². The number of methoxy groups -OCH3 is 2. The van der Waals surface area contributed by atoms with E-state index in [0.29, 0.717) is 19.7 Å². The van der Waals surface area contributed by atoms with Crippen LogP contribution in [0.25, 0.3) is 21.8 Å². The molecular weight excluding hydrogens is 706 g/mol. The molecule has 0 saturated heterocycles. The maximum absolute atomic E-state index is 14.1.